The van der Waals surface area contributed by atoms with Crippen molar-refractivity contribution in [1.82, 2.24) is 10.2 Å². The molecule has 3 N–H and O–H groups in total. The average molecular weight is 348 g/mol. The van der Waals surface area contributed by atoms with Gasteiger partial charge in [-0.3, -0.25) is 5.10 Å². The van der Waals surface area contributed by atoms with Crippen LogP contribution in [0.15, 0.2) is 40.9 Å². The summed E-state index contributed by atoms with van der Waals surface area (Å²) in [5.41, 5.74) is 9.06. The molecule has 0 saturated carbocycles. The van der Waals surface area contributed by atoms with Crippen LogP contribution in [0.25, 0.3) is 21.7 Å². The third kappa shape index (κ3) is 2.27. The lowest BCUT2D eigenvalue weighted by Crippen LogP contribution is -1.89. The molecule has 0 spiro atoms. The monoisotopic (exact) mass is 347 g/mol. The van der Waals surface area contributed by atoms with E-state index in [4.69, 9.17) is 5.73 Å². The Morgan fingerprint density at radius 3 is 2.75 bits per heavy atom. The molecule has 1 aromatic carbocycles. The maximum atomic E-state index is 6.06. The van der Waals surface area contributed by atoms with Crippen LogP contribution in [0, 0.1) is 0 Å². The summed E-state index contributed by atoms with van der Waals surface area (Å²) in [6, 6.07) is 12.3. The van der Waals surface area contributed by atoms with Gasteiger partial charge in [-0.1, -0.05) is 41.1 Å². The Kier molecular flexibility index (Phi) is 3.63. The normalized spacial score (nSPS) is 10.9. The van der Waals surface area contributed by atoms with Crippen molar-refractivity contribution in [3.8, 4) is 21.7 Å². The van der Waals surface area contributed by atoms with Crippen LogP contribution in [0.5, 0.6) is 0 Å². The molecular weight excluding hydrogens is 334 g/mol. The van der Waals surface area contributed by atoms with Crippen molar-refractivity contribution in [3.63, 3.8) is 0 Å². The number of H-pyrrole nitrogens is 1. The molecule has 5 heteroatoms. The van der Waals surface area contributed by atoms with Crippen LogP contribution in [0.2, 0.25) is 0 Å². The van der Waals surface area contributed by atoms with E-state index in [0.29, 0.717) is 5.82 Å². The van der Waals surface area contributed by atoms with Crippen molar-refractivity contribution in [2.45, 2.75) is 13.3 Å². The number of benzene rings is 1. The fraction of sp³-hybridized carbons (Fsp3) is 0.133. The van der Waals surface area contributed by atoms with Gasteiger partial charge < -0.3 is 5.73 Å². The molecule has 0 aliphatic heterocycles. The standard InChI is InChI=1S/C15H14BrN3S/c1-2-9-7-8-12(20-9)14-13(15(17)19-18-14)10-5-3-4-6-11(10)16/h3-8H,2H2,1H3,(H3,17,18,19). The van der Waals surface area contributed by atoms with Crippen LogP contribution in [-0.4, -0.2) is 10.2 Å². The highest BCUT2D eigenvalue weighted by atomic mass is 79.9. The number of aromatic nitrogens is 2. The highest BCUT2D eigenvalue weighted by molar-refractivity contribution is 9.10. The van der Waals surface area contributed by atoms with E-state index in [-0.39, 0.29) is 0 Å². The van der Waals surface area contributed by atoms with Gasteiger partial charge in [0.25, 0.3) is 0 Å². The smallest absolute Gasteiger partial charge is 0.153 e. The Hall–Kier alpha value is -1.59. The van der Waals surface area contributed by atoms with E-state index in [2.05, 4.69) is 45.2 Å². The molecule has 0 atom stereocenters. The van der Waals surface area contributed by atoms with Gasteiger partial charge in [0.15, 0.2) is 5.82 Å². The molecule has 0 bridgehead atoms. The first-order valence-corrected chi connectivity index (χ1v) is 7.99. The van der Waals surface area contributed by atoms with Crippen LogP contribution in [0.3, 0.4) is 0 Å². The number of aromatic amines is 1. The van der Waals surface area contributed by atoms with Gasteiger partial charge in [0.2, 0.25) is 0 Å². The van der Waals surface area contributed by atoms with Gasteiger partial charge in [0.1, 0.15) is 0 Å². The van der Waals surface area contributed by atoms with Crippen molar-refractivity contribution in [2.24, 2.45) is 0 Å². The second-order valence-electron chi connectivity index (χ2n) is 4.46. The van der Waals surface area contributed by atoms with Crippen LogP contribution < -0.4 is 5.73 Å². The lowest BCUT2D eigenvalue weighted by atomic mass is 10.0. The predicted octanol–water partition coefficient (Wildman–Crippen LogP) is 4.71. The van der Waals surface area contributed by atoms with Crippen molar-refractivity contribution >= 4 is 33.1 Å². The number of aryl methyl sites for hydroxylation is 1. The molecule has 20 heavy (non-hydrogen) atoms. The van der Waals surface area contributed by atoms with E-state index < -0.39 is 0 Å². The van der Waals surface area contributed by atoms with Gasteiger partial charge in [0, 0.05) is 14.9 Å². The maximum absolute atomic E-state index is 6.06. The summed E-state index contributed by atoms with van der Waals surface area (Å²) in [4.78, 5) is 2.52. The molecule has 3 aromatic rings. The second kappa shape index (κ2) is 5.42. The van der Waals surface area contributed by atoms with Gasteiger partial charge in [-0.25, -0.2) is 0 Å². The van der Waals surface area contributed by atoms with Gasteiger partial charge in [-0.2, -0.15) is 5.10 Å². The zero-order valence-electron chi connectivity index (χ0n) is 11.0. The summed E-state index contributed by atoms with van der Waals surface area (Å²) in [5, 5.41) is 7.25. The van der Waals surface area contributed by atoms with Crippen molar-refractivity contribution in [2.75, 3.05) is 5.73 Å². The molecule has 0 aliphatic carbocycles. The van der Waals surface area contributed by atoms with Gasteiger partial charge in [-0.15, -0.1) is 11.3 Å². The summed E-state index contributed by atoms with van der Waals surface area (Å²) in [5.74, 6) is 0.526. The van der Waals surface area contributed by atoms with Crippen molar-refractivity contribution in [3.05, 3.63) is 45.7 Å². The molecule has 0 radical (unpaired) electrons. The van der Waals surface area contributed by atoms with Crippen LogP contribution in [-0.2, 0) is 6.42 Å². The number of hydrogen-bond donors (Lipinski definition) is 2. The van der Waals surface area contributed by atoms with Crippen LogP contribution in [0.1, 0.15) is 11.8 Å². The number of rotatable bonds is 3. The minimum absolute atomic E-state index is 0.526. The molecule has 0 fully saturated rings. The molecule has 2 heterocycles. The molecule has 0 aliphatic rings. The van der Waals surface area contributed by atoms with E-state index in [1.165, 1.54) is 4.88 Å². The van der Waals surface area contributed by atoms with Crippen LogP contribution >= 0.6 is 27.3 Å². The number of nitrogens with two attached hydrogens (primary N) is 1. The van der Waals surface area contributed by atoms with E-state index >= 15 is 0 Å². The Morgan fingerprint density at radius 1 is 1.25 bits per heavy atom. The maximum Gasteiger partial charge on any atom is 0.153 e. The largest absolute Gasteiger partial charge is 0.382 e. The van der Waals surface area contributed by atoms with Crippen molar-refractivity contribution in [1.29, 1.82) is 0 Å². The number of hydrogen-bond acceptors (Lipinski definition) is 3. The molecule has 0 unspecified atom stereocenters. The summed E-state index contributed by atoms with van der Waals surface area (Å²) < 4.78 is 1.02. The lowest BCUT2D eigenvalue weighted by Gasteiger charge is -2.05. The van der Waals surface area contributed by atoms with E-state index in [0.717, 1.165) is 32.6 Å². The number of halogens is 1. The van der Waals surface area contributed by atoms with Gasteiger partial charge in [-0.05, 0) is 24.6 Å². The fourth-order valence-electron chi connectivity index (χ4n) is 2.17. The Balaban J connectivity index is 2.17. The fourth-order valence-corrected chi connectivity index (χ4v) is 3.60. The molecule has 3 nitrogen and oxygen atoms in total. The average Bonchev–Trinajstić information content (AvgIpc) is 3.06. The topological polar surface area (TPSA) is 54.7 Å². The van der Waals surface area contributed by atoms with E-state index in [1.54, 1.807) is 11.3 Å². The van der Waals surface area contributed by atoms with Gasteiger partial charge in [0.05, 0.1) is 16.1 Å². The predicted molar refractivity (Wildman–Crippen MR) is 88.8 cm³/mol. The van der Waals surface area contributed by atoms with Crippen molar-refractivity contribution < 1.29 is 0 Å². The van der Waals surface area contributed by atoms with Gasteiger partial charge >= 0.3 is 0 Å². The lowest BCUT2D eigenvalue weighted by molar-refractivity contribution is 1.11. The Labute approximate surface area is 130 Å². The zero-order chi connectivity index (χ0) is 14.1. The minimum atomic E-state index is 0.526. The zero-order valence-corrected chi connectivity index (χ0v) is 13.4. The third-order valence-electron chi connectivity index (χ3n) is 3.19. The molecule has 0 saturated heterocycles. The van der Waals surface area contributed by atoms with E-state index in [1.807, 2.05) is 24.3 Å². The molecule has 2 aromatic heterocycles. The first-order valence-electron chi connectivity index (χ1n) is 6.38. The second-order valence-corrected chi connectivity index (χ2v) is 6.48. The SMILES string of the molecule is CCc1ccc(-c2[nH]nc(N)c2-c2ccccc2Br)s1. The number of thiophene rings is 1. The number of nitrogens with zero attached hydrogens (tertiary/aromatic N) is 1. The summed E-state index contributed by atoms with van der Waals surface area (Å²) in [7, 11) is 0. The summed E-state index contributed by atoms with van der Waals surface area (Å²) in [6.45, 7) is 2.16. The first-order chi connectivity index (χ1) is 9.70. The summed E-state index contributed by atoms with van der Waals surface area (Å²) in [6.07, 6.45) is 1.04. The molecule has 102 valence electrons. The third-order valence-corrected chi connectivity index (χ3v) is 5.13. The first kappa shape index (κ1) is 13.4. The number of anilines is 1. The Bertz CT molecular complexity index is 745. The Morgan fingerprint density at radius 2 is 2.05 bits per heavy atom. The number of nitrogens with one attached hydrogen (secondary N) is 1. The summed E-state index contributed by atoms with van der Waals surface area (Å²) >= 11 is 5.36. The number of nitrogen functional groups attached to an aromatic ring is 1. The van der Waals surface area contributed by atoms with Crippen LogP contribution in [0.4, 0.5) is 5.82 Å². The molecule has 3 rings (SSSR count). The van der Waals surface area contributed by atoms with E-state index in [9.17, 15) is 0 Å². The quantitative estimate of drug-likeness (QED) is 0.720. The highest BCUT2D eigenvalue weighted by Gasteiger charge is 2.17. The minimum Gasteiger partial charge on any atom is -0.382 e. The molecule has 0 amide bonds. The molecular formula is C15H14BrN3S. The highest BCUT2D eigenvalue weighted by Crippen LogP contribution is 2.40.